The van der Waals surface area contributed by atoms with Gasteiger partial charge in [-0.1, -0.05) is 12.8 Å². The van der Waals surface area contributed by atoms with Crippen molar-refractivity contribution in [2.45, 2.75) is 63.3 Å². The van der Waals surface area contributed by atoms with Crippen LogP contribution in [0.4, 0.5) is 13.2 Å². The number of hydrogen-bond acceptors (Lipinski definition) is 2. The van der Waals surface area contributed by atoms with Crippen LogP contribution in [0.1, 0.15) is 44.9 Å². The summed E-state index contributed by atoms with van der Waals surface area (Å²) in [5.41, 5.74) is 0. The fourth-order valence-corrected chi connectivity index (χ4v) is 2.35. The number of alkyl halides is 3. The van der Waals surface area contributed by atoms with Gasteiger partial charge >= 0.3 is 6.18 Å². The highest BCUT2D eigenvalue weighted by atomic mass is 19.4. The Morgan fingerprint density at radius 3 is 2.53 bits per heavy atom. The molecule has 1 rings (SSSR count). The van der Waals surface area contributed by atoms with E-state index in [0.29, 0.717) is 19.0 Å². The third-order valence-electron chi connectivity index (χ3n) is 3.30. The third-order valence-corrected chi connectivity index (χ3v) is 3.30. The molecular weight excluding hydrogens is 231 g/mol. The molecule has 102 valence electrons. The standard InChI is InChI=1S/C12H22F3NO/c1-17-11-7-3-2-6-10(11)16-9-5-4-8-12(13,14)15/h10-11,16H,2-9H2,1H3. The average Bonchev–Trinajstić information content (AvgIpc) is 2.27. The summed E-state index contributed by atoms with van der Waals surface area (Å²) in [5.74, 6) is 0. The van der Waals surface area contributed by atoms with E-state index in [9.17, 15) is 13.2 Å². The molecule has 0 aromatic carbocycles. The summed E-state index contributed by atoms with van der Waals surface area (Å²) in [5, 5.41) is 3.32. The SMILES string of the molecule is COC1CCCCC1NCCCCC(F)(F)F. The third kappa shape index (κ3) is 6.27. The lowest BCUT2D eigenvalue weighted by molar-refractivity contribution is -0.135. The Morgan fingerprint density at radius 2 is 1.88 bits per heavy atom. The van der Waals surface area contributed by atoms with Gasteiger partial charge in [-0.05, 0) is 32.2 Å². The van der Waals surface area contributed by atoms with Crippen LogP contribution in [0.2, 0.25) is 0 Å². The van der Waals surface area contributed by atoms with Crippen LogP contribution < -0.4 is 5.32 Å². The summed E-state index contributed by atoms with van der Waals surface area (Å²) in [6.45, 7) is 0.653. The molecule has 2 unspecified atom stereocenters. The van der Waals surface area contributed by atoms with Crippen molar-refractivity contribution < 1.29 is 17.9 Å². The van der Waals surface area contributed by atoms with E-state index in [-0.39, 0.29) is 12.5 Å². The molecule has 0 radical (unpaired) electrons. The molecule has 2 nitrogen and oxygen atoms in total. The summed E-state index contributed by atoms with van der Waals surface area (Å²) in [6.07, 6.45) is 0.811. The Balaban J connectivity index is 2.08. The fourth-order valence-electron chi connectivity index (χ4n) is 2.35. The first-order valence-corrected chi connectivity index (χ1v) is 6.36. The van der Waals surface area contributed by atoms with E-state index >= 15 is 0 Å². The van der Waals surface area contributed by atoms with Crippen LogP contribution in [0.5, 0.6) is 0 Å². The van der Waals surface area contributed by atoms with E-state index in [2.05, 4.69) is 5.32 Å². The van der Waals surface area contributed by atoms with Crippen molar-refractivity contribution in [3.63, 3.8) is 0 Å². The first-order valence-electron chi connectivity index (χ1n) is 6.36. The molecule has 1 aliphatic rings. The minimum Gasteiger partial charge on any atom is -0.380 e. The molecule has 17 heavy (non-hydrogen) atoms. The van der Waals surface area contributed by atoms with Crippen molar-refractivity contribution in [3.8, 4) is 0 Å². The van der Waals surface area contributed by atoms with E-state index < -0.39 is 12.6 Å². The molecule has 1 saturated carbocycles. The number of methoxy groups -OCH3 is 1. The number of rotatable bonds is 6. The molecule has 0 spiro atoms. The van der Waals surface area contributed by atoms with Crippen molar-refractivity contribution in [1.82, 2.24) is 5.32 Å². The Morgan fingerprint density at radius 1 is 1.18 bits per heavy atom. The Labute approximate surface area is 101 Å². The van der Waals surface area contributed by atoms with Crippen molar-refractivity contribution in [2.24, 2.45) is 0 Å². The molecule has 0 aliphatic heterocycles. The number of hydrogen-bond donors (Lipinski definition) is 1. The largest absolute Gasteiger partial charge is 0.389 e. The van der Waals surface area contributed by atoms with Crippen molar-refractivity contribution in [1.29, 1.82) is 0 Å². The van der Waals surface area contributed by atoms with Gasteiger partial charge in [0.05, 0.1) is 6.10 Å². The summed E-state index contributed by atoms with van der Waals surface area (Å²) < 4.78 is 41.1. The molecule has 0 amide bonds. The highest BCUT2D eigenvalue weighted by Gasteiger charge is 2.26. The van der Waals surface area contributed by atoms with E-state index in [0.717, 1.165) is 12.8 Å². The second kappa shape index (κ2) is 7.21. The van der Waals surface area contributed by atoms with Crippen LogP contribution in [-0.2, 0) is 4.74 Å². The highest BCUT2D eigenvalue weighted by Crippen LogP contribution is 2.23. The van der Waals surface area contributed by atoms with Gasteiger partial charge in [-0.15, -0.1) is 0 Å². The van der Waals surface area contributed by atoms with Crippen LogP contribution in [0.3, 0.4) is 0 Å². The lowest BCUT2D eigenvalue weighted by atomic mass is 9.92. The number of unbranched alkanes of at least 4 members (excludes halogenated alkanes) is 1. The second-order valence-corrected chi connectivity index (χ2v) is 4.69. The predicted octanol–water partition coefficient (Wildman–Crippen LogP) is 3.27. The number of halogens is 3. The van der Waals surface area contributed by atoms with Crippen LogP contribution in [0.15, 0.2) is 0 Å². The minimum absolute atomic E-state index is 0.209. The molecule has 0 heterocycles. The maximum absolute atomic E-state index is 11.9. The fraction of sp³-hybridized carbons (Fsp3) is 1.00. The molecule has 0 bridgehead atoms. The molecule has 2 atom stereocenters. The zero-order valence-electron chi connectivity index (χ0n) is 10.4. The van der Waals surface area contributed by atoms with Gasteiger partial charge in [0.25, 0.3) is 0 Å². The number of ether oxygens (including phenoxy) is 1. The summed E-state index contributed by atoms with van der Waals surface area (Å²) in [4.78, 5) is 0. The van der Waals surface area contributed by atoms with Crippen molar-refractivity contribution >= 4 is 0 Å². The predicted molar refractivity (Wildman–Crippen MR) is 61.0 cm³/mol. The smallest absolute Gasteiger partial charge is 0.380 e. The van der Waals surface area contributed by atoms with Gasteiger partial charge in [0.1, 0.15) is 0 Å². The Kier molecular flexibility index (Phi) is 6.27. The first-order chi connectivity index (χ1) is 8.03. The zero-order valence-corrected chi connectivity index (χ0v) is 10.4. The van der Waals surface area contributed by atoms with Crippen LogP contribution >= 0.6 is 0 Å². The molecule has 1 fully saturated rings. The Bertz CT molecular complexity index is 208. The highest BCUT2D eigenvalue weighted by molar-refractivity contribution is 4.81. The quantitative estimate of drug-likeness (QED) is 0.734. The Hall–Kier alpha value is -0.290. The minimum atomic E-state index is -4.01. The van der Waals surface area contributed by atoms with Gasteiger partial charge in [-0.3, -0.25) is 0 Å². The van der Waals surface area contributed by atoms with E-state index in [1.54, 1.807) is 7.11 Å². The maximum Gasteiger partial charge on any atom is 0.389 e. The number of nitrogens with one attached hydrogen (secondary N) is 1. The van der Waals surface area contributed by atoms with Gasteiger partial charge in [0.15, 0.2) is 0 Å². The van der Waals surface area contributed by atoms with E-state index in [4.69, 9.17) is 4.74 Å². The average molecular weight is 253 g/mol. The topological polar surface area (TPSA) is 21.3 Å². The molecule has 5 heteroatoms. The van der Waals surface area contributed by atoms with Gasteiger partial charge in [-0.25, -0.2) is 0 Å². The van der Waals surface area contributed by atoms with Crippen molar-refractivity contribution in [2.75, 3.05) is 13.7 Å². The van der Waals surface area contributed by atoms with Gasteiger partial charge < -0.3 is 10.1 Å². The lowest BCUT2D eigenvalue weighted by Gasteiger charge is -2.31. The molecule has 0 aromatic rings. The normalized spacial score (nSPS) is 26.1. The summed E-state index contributed by atoms with van der Waals surface area (Å²) in [6, 6.07) is 0.319. The van der Waals surface area contributed by atoms with Crippen LogP contribution in [0.25, 0.3) is 0 Å². The molecule has 0 saturated heterocycles. The molecular formula is C12H22F3NO. The van der Waals surface area contributed by atoms with Gasteiger partial charge in [-0.2, -0.15) is 13.2 Å². The molecule has 1 aliphatic carbocycles. The summed E-state index contributed by atoms with van der Waals surface area (Å²) >= 11 is 0. The van der Waals surface area contributed by atoms with E-state index in [1.807, 2.05) is 0 Å². The summed E-state index contributed by atoms with van der Waals surface area (Å²) in [7, 11) is 1.70. The van der Waals surface area contributed by atoms with Crippen LogP contribution in [0, 0.1) is 0 Å². The van der Waals surface area contributed by atoms with E-state index in [1.165, 1.54) is 12.8 Å². The van der Waals surface area contributed by atoms with Crippen LogP contribution in [-0.4, -0.2) is 32.0 Å². The second-order valence-electron chi connectivity index (χ2n) is 4.69. The van der Waals surface area contributed by atoms with Gasteiger partial charge in [0.2, 0.25) is 0 Å². The van der Waals surface area contributed by atoms with Crippen molar-refractivity contribution in [3.05, 3.63) is 0 Å². The van der Waals surface area contributed by atoms with Gasteiger partial charge in [0, 0.05) is 19.6 Å². The zero-order chi connectivity index (χ0) is 12.7. The monoisotopic (exact) mass is 253 g/mol. The lowest BCUT2D eigenvalue weighted by Crippen LogP contribution is -2.43. The maximum atomic E-state index is 11.9. The molecule has 1 N–H and O–H groups in total. The first kappa shape index (κ1) is 14.8. The molecule has 0 aromatic heterocycles.